The standard InChI is InChI=1S/C22H25ClN2O3/c1-14(2)10-11-28-18-7-4-16(5-8-18)13-25-20-9-6-17(23)12-19(20)21(22(25)27)24-15(3)26/h4-9,12,14,21H,10-11,13H2,1-3H3,(H,24,26)/t21-/m1/s1. The molecule has 0 spiro atoms. The second-order valence-electron chi connectivity index (χ2n) is 7.44. The highest BCUT2D eigenvalue weighted by Gasteiger charge is 2.37. The third-order valence-electron chi connectivity index (χ3n) is 4.68. The minimum Gasteiger partial charge on any atom is -0.494 e. The van der Waals surface area contributed by atoms with Gasteiger partial charge in [-0.1, -0.05) is 37.6 Å². The van der Waals surface area contributed by atoms with Gasteiger partial charge in [-0.2, -0.15) is 0 Å². The number of nitrogens with one attached hydrogen (secondary N) is 1. The number of benzene rings is 2. The van der Waals surface area contributed by atoms with E-state index in [9.17, 15) is 9.59 Å². The van der Waals surface area contributed by atoms with Gasteiger partial charge in [-0.15, -0.1) is 0 Å². The van der Waals surface area contributed by atoms with E-state index in [0.29, 0.717) is 24.1 Å². The van der Waals surface area contributed by atoms with Crippen molar-refractivity contribution in [2.45, 2.75) is 39.8 Å². The number of amides is 2. The van der Waals surface area contributed by atoms with Crippen molar-refractivity contribution < 1.29 is 14.3 Å². The molecule has 2 aromatic rings. The average molecular weight is 401 g/mol. The molecule has 0 radical (unpaired) electrons. The molecule has 0 aliphatic carbocycles. The molecule has 3 rings (SSSR count). The lowest BCUT2D eigenvalue weighted by molar-refractivity contribution is -0.126. The van der Waals surface area contributed by atoms with Crippen molar-refractivity contribution >= 4 is 29.1 Å². The lowest BCUT2D eigenvalue weighted by atomic mass is 10.1. The molecule has 5 nitrogen and oxygen atoms in total. The molecule has 1 atom stereocenters. The molecule has 2 amide bonds. The van der Waals surface area contributed by atoms with E-state index in [1.807, 2.05) is 30.3 Å². The highest BCUT2D eigenvalue weighted by atomic mass is 35.5. The first-order chi connectivity index (χ1) is 13.3. The zero-order valence-electron chi connectivity index (χ0n) is 16.4. The lowest BCUT2D eigenvalue weighted by Crippen LogP contribution is -2.36. The van der Waals surface area contributed by atoms with Crippen LogP contribution in [0.4, 0.5) is 5.69 Å². The van der Waals surface area contributed by atoms with Gasteiger partial charge in [-0.05, 0) is 48.2 Å². The van der Waals surface area contributed by atoms with E-state index < -0.39 is 6.04 Å². The Morgan fingerprint density at radius 3 is 2.57 bits per heavy atom. The number of hydrogen-bond acceptors (Lipinski definition) is 3. The minimum absolute atomic E-state index is 0.162. The van der Waals surface area contributed by atoms with E-state index in [1.165, 1.54) is 6.92 Å². The molecule has 0 saturated heterocycles. The van der Waals surface area contributed by atoms with Gasteiger partial charge in [0.15, 0.2) is 0 Å². The minimum atomic E-state index is -0.704. The Morgan fingerprint density at radius 2 is 1.93 bits per heavy atom. The third kappa shape index (κ3) is 4.65. The zero-order valence-corrected chi connectivity index (χ0v) is 17.1. The maximum Gasteiger partial charge on any atom is 0.254 e. The Labute approximate surface area is 170 Å². The molecule has 28 heavy (non-hydrogen) atoms. The normalized spacial score (nSPS) is 15.7. The second-order valence-corrected chi connectivity index (χ2v) is 7.87. The largest absolute Gasteiger partial charge is 0.494 e. The Bertz CT molecular complexity index is 865. The summed E-state index contributed by atoms with van der Waals surface area (Å²) in [6.45, 7) is 6.83. The molecule has 2 aromatic carbocycles. The van der Waals surface area contributed by atoms with Crippen molar-refractivity contribution in [3.8, 4) is 5.75 Å². The van der Waals surface area contributed by atoms with E-state index in [1.54, 1.807) is 17.0 Å². The van der Waals surface area contributed by atoms with Gasteiger partial charge in [0.1, 0.15) is 11.8 Å². The first-order valence-corrected chi connectivity index (χ1v) is 9.82. The SMILES string of the molecule is CC(=O)N[C@H]1C(=O)N(Cc2ccc(OCCC(C)C)cc2)c2ccc(Cl)cc21. The fraction of sp³-hybridized carbons (Fsp3) is 0.364. The maximum atomic E-state index is 12.9. The van der Waals surface area contributed by atoms with Crippen molar-refractivity contribution in [1.82, 2.24) is 5.32 Å². The highest BCUT2D eigenvalue weighted by Crippen LogP contribution is 2.38. The summed E-state index contributed by atoms with van der Waals surface area (Å²) in [5, 5.41) is 3.26. The van der Waals surface area contributed by atoms with Crippen LogP contribution >= 0.6 is 11.6 Å². The summed E-state index contributed by atoms with van der Waals surface area (Å²) in [6.07, 6.45) is 1.01. The number of carbonyl (C=O) groups excluding carboxylic acids is 2. The molecule has 0 fully saturated rings. The van der Waals surface area contributed by atoms with Crippen LogP contribution in [0.5, 0.6) is 5.75 Å². The number of rotatable bonds is 7. The first kappa shape index (κ1) is 20.2. The molecule has 0 unspecified atom stereocenters. The lowest BCUT2D eigenvalue weighted by Gasteiger charge is -2.18. The Morgan fingerprint density at radius 1 is 1.21 bits per heavy atom. The molecule has 0 bridgehead atoms. The van der Waals surface area contributed by atoms with Crippen LogP contribution < -0.4 is 15.0 Å². The van der Waals surface area contributed by atoms with E-state index in [4.69, 9.17) is 16.3 Å². The number of fused-ring (bicyclic) bond motifs is 1. The average Bonchev–Trinajstić information content (AvgIpc) is 2.87. The van der Waals surface area contributed by atoms with Gasteiger partial charge in [0.05, 0.1) is 13.2 Å². The summed E-state index contributed by atoms with van der Waals surface area (Å²) in [5.74, 6) is 1.00. The highest BCUT2D eigenvalue weighted by molar-refractivity contribution is 6.31. The first-order valence-electron chi connectivity index (χ1n) is 9.45. The van der Waals surface area contributed by atoms with E-state index in [2.05, 4.69) is 19.2 Å². The summed E-state index contributed by atoms with van der Waals surface area (Å²) in [6, 6.07) is 12.4. The Hall–Kier alpha value is -2.53. The smallest absolute Gasteiger partial charge is 0.254 e. The number of anilines is 1. The summed E-state index contributed by atoms with van der Waals surface area (Å²) >= 11 is 6.10. The van der Waals surface area contributed by atoms with Crippen LogP contribution in [0.2, 0.25) is 5.02 Å². The van der Waals surface area contributed by atoms with Crippen LogP contribution in [0.15, 0.2) is 42.5 Å². The number of ether oxygens (including phenoxy) is 1. The van der Waals surface area contributed by atoms with Gasteiger partial charge in [0, 0.05) is 23.2 Å². The monoisotopic (exact) mass is 400 g/mol. The molecule has 0 saturated carbocycles. The van der Waals surface area contributed by atoms with Crippen LogP contribution in [0.3, 0.4) is 0 Å². The van der Waals surface area contributed by atoms with Crippen molar-refractivity contribution in [1.29, 1.82) is 0 Å². The van der Waals surface area contributed by atoms with Gasteiger partial charge in [-0.3, -0.25) is 9.59 Å². The molecule has 0 aromatic heterocycles. The van der Waals surface area contributed by atoms with Crippen LogP contribution in [0.1, 0.15) is 44.4 Å². The predicted octanol–water partition coefficient (Wildman–Crippen LogP) is 4.49. The Balaban J connectivity index is 1.75. The topological polar surface area (TPSA) is 58.6 Å². The summed E-state index contributed by atoms with van der Waals surface area (Å²) < 4.78 is 5.75. The molecule has 1 N–H and O–H groups in total. The molecular formula is C22H25ClN2O3. The fourth-order valence-corrected chi connectivity index (χ4v) is 3.38. The Kier molecular flexibility index (Phi) is 6.25. The molecule has 1 aliphatic rings. The zero-order chi connectivity index (χ0) is 20.3. The second kappa shape index (κ2) is 8.65. The summed E-state index contributed by atoms with van der Waals surface area (Å²) in [4.78, 5) is 26.2. The quantitative estimate of drug-likeness (QED) is 0.744. The number of nitrogens with zero attached hydrogens (tertiary/aromatic N) is 1. The number of halogens is 1. The van der Waals surface area contributed by atoms with Crippen LogP contribution in [-0.2, 0) is 16.1 Å². The van der Waals surface area contributed by atoms with Crippen LogP contribution in [0.25, 0.3) is 0 Å². The summed E-state index contributed by atoms with van der Waals surface area (Å²) in [5.41, 5.74) is 2.47. The molecule has 148 valence electrons. The van der Waals surface area contributed by atoms with Crippen molar-refractivity contribution in [2.75, 3.05) is 11.5 Å². The van der Waals surface area contributed by atoms with Gasteiger partial charge < -0.3 is 15.0 Å². The molecular weight excluding hydrogens is 376 g/mol. The van der Waals surface area contributed by atoms with Crippen molar-refractivity contribution in [3.63, 3.8) is 0 Å². The number of carbonyl (C=O) groups is 2. The van der Waals surface area contributed by atoms with Crippen molar-refractivity contribution in [2.24, 2.45) is 5.92 Å². The van der Waals surface area contributed by atoms with E-state index in [0.717, 1.165) is 29.0 Å². The van der Waals surface area contributed by atoms with Gasteiger partial charge in [0.2, 0.25) is 5.91 Å². The maximum absolute atomic E-state index is 12.9. The molecule has 6 heteroatoms. The van der Waals surface area contributed by atoms with Gasteiger partial charge in [0.25, 0.3) is 5.91 Å². The van der Waals surface area contributed by atoms with Gasteiger partial charge in [-0.25, -0.2) is 0 Å². The summed E-state index contributed by atoms with van der Waals surface area (Å²) in [7, 11) is 0. The van der Waals surface area contributed by atoms with E-state index >= 15 is 0 Å². The number of hydrogen-bond donors (Lipinski definition) is 1. The predicted molar refractivity (Wildman–Crippen MR) is 111 cm³/mol. The van der Waals surface area contributed by atoms with E-state index in [-0.39, 0.29) is 11.8 Å². The van der Waals surface area contributed by atoms with Crippen LogP contribution in [0, 0.1) is 5.92 Å². The molecule has 1 aliphatic heterocycles. The fourth-order valence-electron chi connectivity index (χ4n) is 3.20. The molecule has 1 heterocycles. The third-order valence-corrected chi connectivity index (χ3v) is 4.92. The van der Waals surface area contributed by atoms with Crippen molar-refractivity contribution in [3.05, 3.63) is 58.6 Å². The van der Waals surface area contributed by atoms with Crippen LogP contribution in [-0.4, -0.2) is 18.4 Å². The van der Waals surface area contributed by atoms with Gasteiger partial charge >= 0.3 is 0 Å².